The molecule has 0 radical (unpaired) electrons. The van der Waals surface area contributed by atoms with Crippen LogP contribution in [-0.2, 0) is 6.54 Å². The predicted octanol–water partition coefficient (Wildman–Crippen LogP) is 3.55. The van der Waals surface area contributed by atoms with Gasteiger partial charge in [0, 0.05) is 41.1 Å². The van der Waals surface area contributed by atoms with Gasteiger partial charge >= 0.3 is 0 Å². The van der Waals surface area contributed by atoms with Crippen LogP contribution < -0.4 is 10.9 Å². The largest absolute Gasteiger partial charge is 0.348 e. The van der Waals surface area contributed by atoms with E-state index >= 15 is 0 Å². The Kier molecular flexibility index (Phi) is 4.57. The summed E-state index contributed by atoms with van der Waals surface area (Å²) < 4.78 is 2.20. The van der Waals surface area contributed by atoms with Crippen LogP contribution in [0.3, 0.4) is 0 Å². The molecule has 3 heterocycles. The van der Waals surface area contributed by atoms with Gasteiger partial charge in [-0.1, -0.05) is 0 Å². The SMILES string of the molecule is Cc1cc(C)c(CNC(=O)c2c(C)n(C(C)C3CC3)c3ncccc23)c(=O)[nH]1. The number of rotatable bonds is 5. The number of H-pyrrole nitrogens is 1. The molecule has 0 aromatic carbocycles. The summed E-state index contributed by atoms with van der Waals surface area (Å²) in [5.74, 6) is 0.484. The van der Waals surface area contributed by atoms with Crippen molar-refractivity contribution in [3.8, 4) is 0 Å². The Hall–Kier alpha value is -2.89. The molecule has 4 rings (SSSR count). The molecule has 1 aliphatic rings. The number of amides is 1. The Labute approximate surface area is 164 Å². The molecule has 146 valence electrons. The topological polar surface area (TPSA) is 79.8 Å². The van der Waals surface area contributed by atoms with Gasteiger partial charge in [-0.2, -0.15) is 0 Å². The van der Waals surface area contributed by atoms with E-state index in [9.17, 15) is 9.59 Å². The Balaban J connectivity index is 1.68. The first-order valence-corrected chi connectivity index (χ1v) is 9.81. The zero-order valence-electron chi connectivity index (χ0n) is 16.8. The van der Waals surface area contributed by atoms with E-state index in [0.717, 1.165) is 28.0 Å². The van der Waals surface area contributed by atoms with Gasteiger partial charge in [-0.05, 0) is 70.2 Å². The molecular weight excluding hydrogens is 352 g/mol. The molecule has 28 heavy (non-hydrogen) atoms. The molecule has 1 atom stereocenters. The van der Waals surface area contributed by atoms with Crippen LogP contribution in [0, 0.1) is 26.7 Å². The highest BCUT2D eigenvalue weighted by molar-refractivity contribution is 6.07. The molecule has 1 saturated carbocycles. The number of carbonyl (C=O) groups is 1. The number of fused-ring (bicyclic) bond motifs is 1. The van der Waals surface area contributed by atoms with Gasteiger partial charge in [-0.15, -0.1) is 0 Å². The van der Waals surface area contributed by atoms with Crippen molar-refractivity contribution in [2.75, 3.05) is 0 Å². The Morgan fingerprint density at radius 3 is 2.79 bits per heavy atom. The maximum Gasteiger partial charge on any atom is 0.254 e. The summed E-state index contributed by atoms with van der Waals surface area (Å²) in [4.78, 5) is 32.7. The first-order valence-electron chi connectivity index (χ1n) is 9.81. The average molecular weight is 378 g/mol. The van der Waals surface area contributed by atoms with Gasteiger partial charge in [0.2, 0.25) is 0 Å². The molecular formula is C22H26N4O2. The molecule has 1 fully saturated rings. The van der Waals surface area contributed by atoms with E-state index in [1.54, 1.807) is 6.20 Å². The van der Waals surface area contributed by atoms with Crippen molar-refractivity contribution in [3.05, 3.63) is 62.8 Å². The lowest BCUT2D eigenvalue weighted by molar-refractivity contribution is 0.0951. The maximum absolute atomic E-state index is 13.1. The monoisotopic (exact) mass is 378 g/mol. The number of nitrogens with one attached hydrogen (secondary N) is 2. The number of pyridine rings is 2. The number of carbonyl (C=O) groups excluding carboxylic acids is 1. The molecule has 0 spiro atoms. The third kappa shape index (κ3) is 3.13. The van der Waals surface area contributed by atoms with Crippen LogP contribution in [0.1, 0.15) is 58.7 Å². The normalized spacial score (nSPS) is 15.0. The second-order valence-corrected chi connectivity index (χ2v) is 7.91. The third-order valence-electron chi connectivity index (χ3n) is 5.87. The highest BCUT2D eigenvalue weighted by Crippen LogP contribution is 2.42. The van der Waals surface area contributed by atoms with E-state index in [0.29, 0.717) is 23.1 Å². The van der Waals surface area contributed by atoms with Crippen molar-refractivity contribution >= 4 is 16.9 Å². The summed E-state index contributed by atoms with van der Waals surface area (Å²) in [6.07, 6.45) is 4.23. The summed E-state index contributed by atoms with van der Waals surface area (Å²) in [7, 11) is 0. The van der Waals surface area contributed by atoms with Crippen molar-refractivity contribution in [3.63, 3.8) is 0 Å². The fourth-order valence-electron chi connectivity index (χ4n) is 4.19. The van der Waals surface area contributed by atoms with Crippen LogP contribution >= 0.6 is 0 Å². The van der Waals surface area contributed by atoms with Crippen LogP contribution in [0.25, 0.3) is 11.0 Å². The van der Waals surface area contributed by atoms with Crippen LogP contribution in [0.4, 0.5) is 0 Å². The summed E-state index contributed by atoms with van der Waals surface area (Å²) in [6.45, 7) is 8.13. The smallest absolute Gasteiger partial charge is 0.254 e. The van der Waals surface area contributed by atoms with Crippen LogP contribution in [0.15, 0.2) is 29.2 Å². The van der Waals surface area contributed by atoms with Gasteiger partial charge in [-0.25, -0.2) is 4.98 Å². The van der Waals surface area contributed by atoms with Crippen LogP contribution in [0.5, 0.6) is 0 Å². The summed E-state index contributed by atoms with van der Waals surface area (Å²) >= 11 is 0. The van der Waals surface area contributed by atoms with Crippen molar-refractivity contribution in [2.24, 2.45) is 5.92 Å². The van der Waals surface area contributed by atoms with Crippen molar-refractivity contribution in [2.45, 2.75) is 53.1 Å². The first-order chi connectivity index (χ1) is 13.4. The Bertz CT molecular complexity index is 1120. The highest BCUT2D eigenvalue weighted by atomic mass is 16.2. The number of aromatic amines is 1. The molecule has 1 unspecified atom stereocenters. The summed E-state index contributed by atoms with van der Waals surface area (Å²) in [5, 5.41) is 3.81. The fourth-order valence-corrected chi connectivity index (χ4v) is 4.19. The van der Waals surface area contributed by atoms with E-state index < -0.39 is 0 Å². The van der Waals surface area contributed by atoms with E-state index in [4.69, 9.17) is 0 Å². The van der Waals surface area contributed by atoms with Gasteiger partial charge in [-0.3, -0.25) is 9.59 Å². The highest BCUT2D eigenvalue weighted by Gasteiger charge is 2.32. The average Bonchev–Trinajstić information content (AvgIpc) is 3.43. The zero-order valence-corrected chi connectivity index (χ0v) is 16.8. The molecule has 3 aromatic rings. The minimum Gasteiger partial charge on any atom is -0.348 e. The molecule has 1 aliphatic carbocycles. The van der Waals surface area contributed by atoms with Gasteiger partial charge in [0.25, 0.3) is 11.5 Å². The lowest BCUT2D eigenvalue weighted by Crippen LogP contribution is -2.28. The second-order valence-electron chi connectivity index (χ2n) is 7.91. The fraction of sp³-hybridized carbons (Fsp3) is 0.409. The standard InChI is InChI=1S/C22H26N4O2/c1-12-10-13(2)25-21(27)18(12)11-24-22(28)19-15(4)26(14(3)16-7-8-16)20-17(19)6-5-9-23-20/h5-6,9-10,14,16H,7-8,11H2,1-4H3,(H,24,28)(H,25,27). The van der Waals surface area contributed by atoms with Crippen LogP contribution in [0.2, 0.25) is 0 Å². The van der Waals surface area contributed by atoms with Crippen molar-refractivity contribution < 1.29 is 4.79 Å². The molecule has 3 aromatic heterocycles. The Morgan fingerprint density at radius 2 is 2.11 bits per heavy atom. The molecule has 0 saturated heterocycles. The zero-order chi connectivity index (χ0) is 20.0. The maximum atomic E-state index is 13.1. The molecule has 0 bridgehead atoms. The molecule has 2 N–H and O–H groups in total. The quantitative estimate of drug-likeness (QED) is 0.712. The third-order valence-corrected chi connectivity index (χ3v) is 5.87. The first kappa shape index (κ1) is 18.5. The van der Waals surface area contributed by atoms with Gasteiger partial charge in [0.1, 0.15) is 5.65 Å². The number of aryl methyl sites for hydroxylation is 2. The minimum absolute atomic E-state index is 0.152. The van der Waals surface area contributed by atoms with E-state index in [1.165, 1.54) is 12.8 Å². The molecule has 6 heteroatoms. The number of hydrogen-bond acceptors (Lipinski definition) is 3. The van der Waals surface area contributed by atoms with Crippen molar-refractivity contribution in [1.82, 2.24) is 19.9 Å². The molecule has 0 aliphatic heterocycles. The predicted molar refractivity (Wildman–Crippen MR) is 110 cm³/mol. The Morgan fingerprint density at radius 1 is 1.36 bits per heavy atom. The van der Waals surface area contributed by atoms with Crippen molar-refractivity contribution in [1.29, 1.82) is 0 Å². The van der Waals surface area contributed by atoms with Gasteiger partial charge in [0.15, 0.2) is 0 Å². The summed E-state index contributed by atoms with van der Waals surface area (Å²) in [5.41, 5.74) is 4.57. The lowest BCUT2D eigenvalue weighted by atomic mass is 10.1. The number of nitrogens with zero attached hydrogens (tertiary/aromatic N) is 2. The minimum atomic E-state index is -0.170. The van der Waals surface area contributed by atoms with Gasteiger partial charge < -0.3 is 14.9 Å². The van der Waals surface area contributed by atoms with E-state index in [1.807, 2.05) is 39.0 Å². The molecule has 1 amide bonds. The van der Waals surface area contributed by atoms with Crippen LogP contribution in [-0.4, -0.2) is 20.4 Å². The summed E-state index contributed by atoms with van der Waals surface area (Å²) in [6, 6.07) is 6.05. The van der Waals surface area contributed by atoms with Gasteiger partial charge in [0.05, 0.1) is 5.56 Å². The number of aromatic nitrogens is 3. The van der Waals surface area contributed by atoms with E-state index in [2.05, 4.69) is 26.8 Å². The lowest BCUT2D eigenvalue weighted by Gasteiger charge is -2.16. The van der Waals surface area contributed by atoms with E-state index in [-0.39, 0.29) is 18.0 Å². The second kappa shape index (κ2) is 6.93. The molecule has 6 nitrogen and oxygen atoms in total. The number of hydrogen-bond donors (Lipinski definition) is 2.